The number of benzene rings is 2. The third-order valence-corrected chi connectivity index (χ3v) is 7.76. The van der Waals surface area contributed by atoms with Gasteiger partial charge in [0.05, 0.1) is 10.7 Å². The number of nitrogens with zero attached hydrogens (tertiary/aromatic N) is 4. The Morgan fingerprint density at radius 1 is 0.900 bits per heavy atom. The summed E-state index contributed by atoms with van der Waals surface area (Å²) in [6.07, 6.45) is 0. The van der Waals surface area contributed by atoms with E-state index in [0.29, 0.717) is 31.2 Å². The molecule has 0 aliphatic carbocycles. The molecule has 1 aliphatic heterocycles. The average Bonchev–Trinajstić information content (AvgIpc) is 2.76. The second-order valence-corrected chi connectivity index (χ2v) is 9.81. The molecule has 1 aromatic heterocycles. The number of sulfonamides is 1. The molecule has 4 rings (SSSR count). The monoisotopic (exact) mass is 462 g/mol. The zero-order valence-corrected chi connectivity index (χ0v) is 18.6. The number of anilines is 1. The van der Waals surface area contributed by atoms with Gasteiger partial charge in [-0.25, -0.2) is 8.42 Å². The van der Waals surface area contributed by atoms with Crippen LogP contribution in [0.25, 0.3) is 11.3 Å². The summed E-state index contributed by atoms with van der Waals surface area (Å²) in [5.74, 6) is 0.727. The van der Waals surface area contributed by atoms with Crippen LogP contribution in [0, 0.1) is 6.92 Å². The first-order valence-corrected chi connectivity index (χ1v) is 11.7. The van der Waals surface area contributed by atoms with E-state index in [1.807, 2.05) is 48.2 Å². The minimum atomic E-state index is -3.71. The molecule has 9 heteroatoms. The van der Waals surface area contributed by atoms with Gasteiger partial charge >= 0.3 is 0 Å². The molecule has 2 aromatic carbocycles. The van der Waals surface area contributed by atoms with Crippen molar-refractivity contribution < 1.29 is 8.42 Å². The second-order valence-electron chi connectivity index (χ2n) is 7.06. The van der Waals surface area contributed by atoms with Crippen molar-refractivity contribution in [1.82, 2.24) is 14.5 Å². The Labute approximate surface area is 186 Å². The first-order chi connectivity index (χ1) is 14.4. The summed E-state index contributed by atoms with van der Waals surface area (Å²) in [5, 5.41) is 9.23. The third kappa shape index (κ3) is 4.16. The van der Waals surface area contributed by atoms with Crippen molar-refractivity contribution in [2.24, 2.45) is 0 Å². The van der Waals surface area contributed by atoms with E-state index in [2.05, 4.69) is 10.2 Å². The van der Waals surface area contributed by atoms with Gasteiger partial charge in [0.1, 0.15) is 4.90 Å². The molecule has 6 nitrogen and oxygen atoms in total. The van der Waals surface area contributed by atoms with Crippen molar-refractivity contribution >= 4 is 39.0 Å². The third-order valence-electron chi connectivity index (χ3n) is 5.15. The average molecular weight is 463 g/mol. The van der Waals surface area contributed by atoms with Crippen LogP contribution in [0.15, 0.2) is 59.5 Å². The summed E-state index contributed by atoms with van der Waals surface area (Å²) in [6, 6.07) is 16.3. The summed E-state index contributed by atoms with van der Waals surface area (Å²) in [7, 11) is -3.71. The van der Waals surface area contributed by atoms with Gasteiger partial charge in [0.25, 0.3) is 0 Å². The van der Waals surface area contributed by atoms with Crippen LogP contribution in [0.1, 0.15) is 5.56 Å². The Kier molecular flexibility index (Phi) is 5.97. The molecule has 1 aliphatic rings. The molecule has 30 heavy (non-hydrogen) atoms. The molecule has 0 amide bonds. The van der Waals surface area contributed by atoms with Crippen molar-refractivity contribution in [2.45, 2.75) is 11.8 Å². The standard InChI is InChI=1S/C21H20Cl2N4O2S/c1-15-4-2-3-5-17(15)19-8-9-21(25-24-19)26-10-12-27(13-11-26)30(28,29)20-14-16(22)6-7-18(20)23/h2-9,14H,10-13H2,1H3. The van der Waals surface area contributed by atoms with Crippen molar-refractivity contribution in [3.63, 3.8) is 0 Å². The lowest BCUT2D eigenvalue weighted by molar-refractivity contribution is 0.383. The molecule has 0 saturated carbocycles. The van der Waals surface area contributed by atoms with E-state index < -0.39 is 10.0 Å². The van der Waals surface area contributed by atoms with E-state index >= 15 is 0 Å². The molecular weight excluding hydrogens is 443 g/mol. The maximum absolute atomic E-state index is 13.0. The summed E-state index contributed by atoms with van der Waals surface area (Å²) in [6.45, 7) is 3.71. The SMILES string of the molecule is Cc1ccccc1-c1ccc(N2CCN(S(=O)(=O)c3cc(Cl)ccc3Cl)CC2)nn1. The maximum atomic E-state index is 13.0. The molecular formula is C21H20Cl2N4O2S. The summed E-state index contributed by atoms with van der Waals surface area (Å²) in [4.78, 5) is 2.06. The Hall–Kier alpha value is -2.19. The lowest BCUT2D eigenvalue weighted by Crippen LogP contribution is -2.49. The molecule has 3 aromatic rings. The smallest absolute Gasteiger partial charge is 0.244 e. The molecule has 0 N–H and O–H groups in total. The van der Waals surface area contributed by atoms with Crippen LogP contribution in [0.3, 0.4) is 0 Å². The van der Waals surface area contributed by atoms with Crippen LogP contribution in [0.4, 0.5) is 5.82 Å². The number of hydrogen-bond acceptors (Lipinski definition) is 5. The van der Waals surface area contributed by atoms with Crippen molar-refractivity contribution in [2.75, 3.05) is 31.1 Å². The van der Waals surface area contributed by atoms with Gasteiger partial charge in [-0.2, -0.15) is 4.31 Å². The van der Waals surface area contributed by atoms with Crippen LogP contribution in [-0.4, -0.2) is 49.1 Å². The fraction of sp³-hybridized carbons (Fsp3) is 0.238. The van der Waals surface area contributed by atoms with E-state index in [1.165, 1.54) is 16.4 Å². The molecule has 0 spiro atoms. The topological polar surface area (TPSA) is 66.4 Å². The normalized spacial score (nSPS) is 15.4. The molecule has 156 valence electrons. The quantitative estimate of drug-likeness (QED) is 0.578. The lowest BCUT2D eigenvalue weighted by atomic mass is 10.1. The summed E-state index contributed by atoms with van der Waals surface area (Å²) in [5.41, 5.74) is 3.00. The molecule has 2 heterocycles. The van der Waals surface area contributed by atoms with E-state index in [-0.39, 0.29) is 9.92 Å². The highest BCUT2D eigenvalue weighted by atomic mass is 35.5. The Morgan fingerprint density at radius 3 is 2.30 bits per heavy atom. The predicted octanol–water partition coefficient (Wildman–Crippen LogP) is 4.27. The Bertz CT molecular complexity index is 1160. The fourth-order valence-corrected chi connectivity index (χ4v) is 5.63. The van der Waals surface area contributed by atoms with Gasteiger partial charge in [0.15, 0.2) is 5.82 Å². The van der Waals surface area contributed by atoms with Gasteiger partial charge in [-0.05, 0) is 42.8 Å². The highest BCUT2D eigenvalue weighted by Gasteiger charge is 2.30. The number of aromatic nitrogens is 2. The molecule has 1 fully saturated rings. The largest absolute Gasteiger partial charge is 0.352 e. The van der Waals surface area contributed by atoms with Crippen molar-refractivity contribution in [3.05, 3.63) is 70.2 Å². The van der Waals surface area contributed by atoms with Gasteiger partial charge in [0.2, 0.25) is 10.0 Å². The Morgan fingerprint density at radius 2 is 1.63 bits per heavy atom. The van der Waals surface area contributed by atoms with Crippen LogP contribution in [0.5, 0.6) is 0 Å². The van der Waals surface area contributed by atoms with Crippen LogP contribution < -0.4 is 4.90 Å². The van der Waals surface area contributed by atoms with Gasteiger partial charge in [-0.1, -0.05) is 47.5 Å². The van der Waals surface area contributed by atoms with Crippen LogP contribution >= 0.6 is 23.2 Å². The van der Waals surface area contributed by atoms with Crippen molar-refractivity contribution in [3.8, 4) is 11.3 Å². The number of piperazine rings is 1. The van der Waals surface area contributed by atoms with Crippen LogP contribution in [0.2, 0.25) is 10.0 Å². The highest BCUT2D eigenvalue weighted by molar-refractivity contribution is 7.89. The first-order valence-electron chi connectivity index (χ1n) is 9.46. The van der Waals surface area contributed by atoms with E-state index in [4.69, 9.17) is 23.2 Å². The molecule has 0 bridgehead atoms. The van der Waals surface area contributed by atoms with E-state index in [0.717, 1.165) is 22.6 Å². The van der Waals surface area contributed by atoms with Gasteiger partial charge < -0.3 is 4.90 Å². The summed E-state index contributed by atoms with van der Waals surface area (Å²) < 4.78 is 27.4. The molecule has 1 saturated heterocycles. The predicted molar refractivity (Wildman–Crippen MR) is 120 cm³/mol. The summed E-state index contributed by atoms with van der Waals surface area (Å²) >= 11 is 12.1. The molecule has 0 unspecified atom stereocenters. The fourth-order valence-electron chi connectivity index (χ4n) is 3.47. The van der Waals surface area contributed by atoms with Gasteiger partial charge in [-0.15, -0.1) is 10.2 Å². The number of hydrogen-bond donors (Lipinski definition) is 0. The zero-order valence-electron chi connectivity index (χ0n) is 16.3. The van der Waals surface area contributed by atoms with Crippen LogP contribution in [-0.2, 0) is 10.0 Å². The number of halogens is 2. The molecule has 0 atom stereocenters. The lowest BCUT2D eigenvalue weighted by Gasteiger charge is -2.34. The number of aryl methyl sites for hydroxylation is 1. The zero-order chi connectivity index (χ0) is 21.3. The van der Waals surface area contributed by atoms with E-state index in [9.17, 15) is 8.42 Å². The highest BCUT2D eigenvalue weighted by Crippen LogP contribution is 2.29. The van der Waals surface area contributed by atoms with E-state index in [1.54, 1.807) is 6.07 Å². The van der Waals surface area contributed by atoms with Gasteiger partial charge in [0, 0.05) is 36.8 Å². The minimum absolute atomic E-state index is 0.0347. The van der Waals surface area contributed by atoms with Crippen molar-refractivity contribution in [1.29, 1.82) is 0 Å². The molecule has 0 radical (unpaired) electrons. The number of rotatable bonds is 4. The first kappa shape index (κ1) is 21.1. The Balaban J connectivity index is 1.47. The minimum Gasteiger partial charge on any atom is -0.352 e. The van der Waals surface area contributed by atoms with Gasteiger partial charge in [-0.3, -0.25) is 0 Å². The second kappa shape index (κ2) is 8.51. The maximum Gasteiger partial charge on any atom is 0.244 e.